The molecule has 1 heterocycles. The van der Waals surface area contributed by atoms with Gasteiger partial charge >= 0.3 is 5.97 Å². The Balaban J connectivity index is 1.93. The molecule has 0 radical (unpaired) electrons. The molecule has 0 atom stereocenters. The molecule has 114 valence electrons. The molecule has 1 aliphatic rings. The summed E-state index contributed by atoms with van der Waals surface area (Å²) in [5.74, 6) is -0.626. The van der Waals surface area contributed by atoms with E-state index in [0.29, 0.717) is 12.8 Å². The first-order valence-corrected chi connectivity index (χ1v) is 7.09. The Morgan fingerprint density at radius 2 is 1.95 bits per heavy atom. The highest BCUT2D eigenvalue weighted by Gasteiger charge is 2.28. The molecule has 1 saturated carbocycles. The van der Waals surface area contributed by atoms with E-state index in [0.717, 1.165) is 18.5 Å². The van der Waals surface area contributed by atoms with Crippen molar-refractivity contribution in [3.05, 3.63) is 33.7 Å². The maximum atomic E-state index is 12.1. The van der Waals surface area contributed by atoms with E-state index in [4.69, 9.17) is 4.74 Å². The van der Waals surface area contributed by atoms with E-state index in [2.05, 4.69) is 10.3 Å². The molecule has 1 amide bonds. The van der Waals surface area contributed by atoms with Gasteiger partial charge in [-0.15, -0.1) is 0 Å². The molecule has 1 fully saturated rings. The molecule has 2 rings (SSSR count). The second kappa shape index (κ2) is 6.56. The van der Waals surface area contributed by atoms with Crippen LogP contribution in [0.1, 0.15) is 41.7 Å². The van der Waals surface area contributed by atoms with Crippen LogP contribution in [-0.4, -0.2) is 30.0 Å². The van der Waals surface area contributed by atoms with Crippen molar-refractivity contribution in [2.24, 2.45) is 5.92 Å². The summed E-state index contributed by atoms with van der Waals surface area (Å²) in [6, 6.07) is 1.40. The summed E-state index contributed by atoms with van der Waals surface area (Å²) in [6.07, 6.45) is 4.27. The van der Waals surface area contributed by atoms with Gasteiger partial charge in [-0.1, -0.05) is 0 Å². The van der Waals surface area contributed by atoms with Gasteiger partial charge < -0.3 is 15.0 Å². The van der Waals surface area contributed by atoms with Crippen molar-refractivity contribution in [3.63, 3.8) is 0 Å². The molecular weight excluding hydrogens is 272 g/mol. The number of H-pyrrole nitrogens is 1. The van der Waals surface area contributed by atoms with E-state index in [1.54, 1.807) is 6.92 Å². The number of aryl methyl sites for hydroxylation is 1. The number of methoxy groups -OCH3 is 1. The summed E-state index contributed by atoms with van der Waals surface area (Å²) in [7, 11) is 1.39. The van der Waals surface area contributed by atoms with Crippen LogP contribution in [0.15, 0.2) is 17.1 Å². The Hall–Kier alpha value is -2.11. The summed E-state index contributed by atoms with van der Waals surface area (Å²) in [5.41, 5.74) is 0.554. The lowest BCUT2D eigenvalue weighted by Crippen LogP contribution is -2.40. The van der Waals surface area contributed by atoms with Crippen molar-refractivity contribution in [1.29, 1.82) is 0 Å². The molecule has 6 nitrogen and oxygen atoms in total. The molecule has 2 N–H and O–H groups in total. The summed E-state index contributed by atoms with van der Waals surface area (Å²) in [5, 5.41) is 2.86. The lowest BCUT2D eigenvalue weighted by atomic mass is 9.86. The van der Waals surface area contributed by atoms with Crippen LogP contribution in [0.3, 0.4) is 0 Å². The molecule has 0 aromatic carbocycles. The van der Waals surface area contributed by atoms with Crippen LogP contribution in [0.4, 0.5) is 0 Å². The summed E-state index contributed by atoms with van der Waals surface area (Å²) in [4.78, 5) is 38.2. The number of aromatic nitrogens is 1. The first-order chi connectivity index (χ1) is 10.0. The summed E-state index contributed by atoms with van der Waals surface area (Å²) >= 11 is 0. The Morgan fingerprint density at radius 1 is 1.29 bits per heavy atom. The van der Waals surface area contributed by atoms with E-state index in [1.807, 2.05) is 0 Å². The maximum absolute atomic E-state index is 12.1. The minimum Gasteiger partial charge on any atom is -0.469 e. The molecule has 0 saturated heterocycles. The number of pyridine rings is 1. The summed E-state index contributed by atoms with van der Waals surface area (Å²) in [6.45, 7) is 1.76. The van der Waals surface area contributed by atoms with Crippen LogP contribution in [0.5, 0.6) is 0 Å². The minimum absolute atomic E-state index is 0.000825. The van der Waals surface area contributed by atoms with Crippen LogP contribution in [0.2, 0.25) is 0 Å². The molecule has 1 aromatic heterocycles. The predicted octanol–water partition coefficient (Wildman–Crippen LogP) is 1.14. The van der Waals surface area contributed by atoms with Gasteiger partial charge in [0, 0.05) is 24.0 Å². The van der Waals surface area contributed by atoms with E-state index in [9.17, 15) is 14.4 Å². The number of amides is 1. The number of hydrogen-bond acceptors (Lipinski definition) is 4. The average molecular weight is 292 g/mol. The van der Waals surface area contributed by atoms with Crippen molar-refractivity contribution in [2.45, 2.75) is 38.6 Å². The number of rotatable bonds is 3. The van der Waals surface area contributed by atoms with Gasteiger partial charge in [0.25, 0.3) is 5.91 Å². The smallest absolute Gasteiger partial charge is 0.308 e. The first-order valence-electron chi connectivity index (χ1n) is 7.09. The van der Waals surface area contributed by atoms with Gasteiger partial charge in [-0.2, -0.15) is 0 Å². The third-order valence-electron chi connectivity index (χ3n) is 3.90. The molecule has 1 aromatic rings. The van der Waals surface area contributed by atoms with Crippen LogP contribution < -0.4 is 10.7 Å². The van der Waals surface area contributed by atoms with Crippen LogP contribution in [0, 0.1) is 12.8 Å². The SMILES string of the molecule is COC(=O)C1CCC(NC(=O)c2c[nH]c(C)cc2=O)CC1. The van der Waals surface area contributed by atoms with Gasteiger partial charge in [0.15, 0.2) is 5.43 Å². The molecular formula is C15H20N2O4. The van der Waals surface area contributed by atoms with E-state index in [-0.39, 0.29) is 34.8 Å². The lowest BCUT2D eigenvalue weighted by Gasteiger charge is -2.27. The third kappa shape index (κ3) is 3.71. The van der Waals surface area contributed by atoms with Crippen molar-refractivity contribution in [1.82, 2.24) is 10.3 Å². The fourth-order valence-electron chi connectivity index (χ4n) is 2.65. The topological polar surface area (TPSA) is 88.3 Å². The third-order valence-corrected chi connectivity index (χ3v) is 3.90. The Kier molecular flexibility index (Phi) is 4.77. The molecule has 21 heavy (non-hydrogen) atoms. The number of nitrogens with one attached hydrogen (secondary N) is 2. The quantitative estimate of drug-likeness (QED) is 0.818. The average Bonchev–Trinajstić information content (AvgIpc) is 2.47. The van der Waals surface area contributed by atoms with Crippen molar-refractivity contribution < 1.29 is 14.3 Å². The minimum atomic E-state index is -0.363. The monoisotopic (exact) mass is 292 g/mol. The molecule has 0 unspecified atom stereocenters. The van der Waals surface area contributed by atoms with Crippen molar-refractivity contribution >= 4 is 11.9 Å². The largest absolute Gasteiger partial charge is 0.469 e. The van der Waals surface area contributed by atoms with Gasteiger partial charge in [0.05, 0.1) is 13.0 Å². The van der Waals surface area contributed by atoms with Gasteiger partial charge in [-0.05, 0) is 32.6 Å². The van der Waals surface area contributed by atoms with Gasteiger partial charge in [0.1, 0.15) is 5.56 Å². The van der Waals surface area contributed by atoms with Gasteiger partial charge in [-0.3, -0.25) is 14.4 Å². The second-order valence-corrected chi connectivity index (χ2v) is 5.44. The molecule has 0 spiro atoms. The van der Waals surface area contributed by atoms with Crippen LogP contribution >= 0.6 is 0 Å². The highest BCUT2D eigenvalue weighted by molar-refractivity contribution is 5.94. The number of hydrogen-bond donors (Lipinski definition) is 2. The zero-order valence-electron chi connectivity index (χ0n) is 12.3. The predicted molar refractivity (Wildman–Crippen MR) is 77.0 cm³/mol. The highest BCUT2D eigenvalue weighted by atomic mass is 16.5. The molecule has 0 bridgehead atoms. The molecule has 6 heteroatoms. The highest BCUT2D eigenvalue weighted by Crippen LogP contribution is 2.25. The fourth-order valence-corrected chi connectivity index (χ4v) is 2.65. The standard InChI is InChI=1S/C15H20N2O4/c1-9-7-13(18)12(8-16-9)14(19)17-11-5-3-10(4-6-11)15(20)21-2/h7-8,10-11H,3-6H2,1-2H3,(H,16,18)(H,17,19). The van der Waals surface area contributed by atoms with Crippen molar-refractivity contribution in [2.75, 3.05) is 7.11 Å². The van der Waals surface area contributed by atoms with Gasteiger partial charge in [-0.25, -0.2) is 0 Å². The Bertz CT molecular complexity index is 586. The van der Waals surface area contributed by atoms with E-state index >= 15 is 0 Å². The second-order valence-electron chi connectivity index (χ2n) is 5.44. The molecule has 1 aliphatic carbocycles. The van der Waals surface area contributed by atoms with Crippen molar-refractivity contribution in [3.8, 4) is 0 Å². The Labute approximate surface area is 122 Å². The zero-order valence-corrected chi connectivity index (χ0v) is 12.3. The zero-order chi connectivity index (χ0) is 15.4. The maximum Gasteiger partial charge on any atom is 0.308 e. The number of esters is 1. The number of ether oxygens (including phenoxy) is 1. The lowest BCUT2D eigenvalue weighted by molar-refractivity contribution is -0.146. The normalized spacial score (nSPS) is 21.6. The number of carbonyl (C=O) groups excluding carboxylic acids is 2. The van der Waals surface area contributed by atoms with E-state index < -0.39 is 0 Å². The summed E-state index contributed by atoms with van der Waals surface area (Å²) < 4.78 is 4.73. The molecule has 0 aliphatic heterocycles. The number of carbonyl (C=O) groups is 2. The van der Waals surface area contributed by atoms with Crippen LogP contribution in [0.25, 0.3) is 0 Å². The van der Waals surface area contributed by atoms with Crippen LogP contribution in [-0.2, 0) is 9.53 Å². The number of aromatic amines is 1. The Morgan fingerprint density at radius 3 is 2.52 bits per heavy atom. The van der Waals surface area contributed by atoms with Gasteiger partial charge in [0.2, 0.25) is 0 Å². The fraction of sp³-hybridized carbons (Fsp3) is 0.533. The van der Waals surface area contributed by atoms with E-state index in [1.165, 1.54) is 19.4 Å². The first kappa shape index (κ1) is 15.3.